The SMILES string of the molecule is CCOP(=O)(CC)Oc1ccc(Nc2cc(-c3cccc([N+](=O)[O-])c3)ncn2)cc1. The average molecular weight is 428 g/mol. The van der Waals surface area contributed by atoms with Gasteiger partial charge in [0.1, 0.15) is 17.9 Å². The minimum atomic E-state index is -3.14. The first kappa shape index (κ1) is 21.4. The lowest BCUT2D eigenvalue weighted by atomic mass is 10.1. The van der Waals surface area contributed by atoms with Gasteiger partial charge in [0.05, 0.1) is 23.4 Å². The van der Waals surface area contributed by atoms with Crippen molar-refractivity contribution in [2.45, 2.75) is 13.8 Å². The quantitative estimate of drug-likeness (QED) is 0.273. The van der Waals surface area contributed by atoms with Crippen LogP contribution in [0.3, 0.4) is 0 Å². The Morgan fingerprint density at radius 2 is 1.87 bits per heavy atom. The smallest absolute Gasteiger partial charge is 0.378 e. The van der Waals surface area contributed by atoms with E-state index in [1.54, 1.807) is 56.3 Å². The van der Waals surface area contributed by atoms with E-state index in [1.807, 2.05) is 0 Å². The third-order valence-electron chi connectivity index (χ3n) is 4.10. The molecule has 9 nitrogen and oxygen atoms in total. The van der Waals surface area contributed by atoms with E-state index < -0.39 is 12.5 Å². The predicted octanol–water partition coefficient (Wildman–Crippen LogP) is 5.42. The van der Waals surface area contributed by atoms with Gasteiger partial charge in [-0.15, -0.1) is 0 Å². The second kappa shape index (κ2) is 9.47. The Morgan fingerprint density at radius 1 is 1.10 bits per heavy atom. The van der Waals surface area contributed by atoms with Crippen LogP contribution in [0.15, 0.2) is 60.9 Å². The van der Waals surface area contributed by atoms with Crippen molar-refractivity contribution in [2.24, 2.45) is 0 Å². The lowest BCUT2D eigenvalue weighted by molar-refractivity contribution is -0.384. The molecular weight excluding hydrogens is 407 g/mol. The largest absolute Gasteiger partial charge is 0.424 e. The number of rotatable bonds is 9. The van der Waals surface area contributed by atoms with E-state index in [4.69, 9.17) is 9.05 Å². The van der Waals surface area contributed by atoms with E-state index in [1.165, 1.54) is 18.5 Å². The molecule has 0 spiro atoms. The molecule has 0 saturated carbocycles. The molecule has 10 heteroatoms. The van der Waals surface area contributed by atoms with E-state index in [0.717, 1.165) is 5.69 Å². The molecule has 0 aliphatic carbocycles. The number of hydrogen-bond acceptors (Lipinski definition) is 8. The molecule has 0 aliphatic rings. The molecule has 1 atom stereocenters. The first-order valence-corrected chi connectivity index (χ1v) is 11.0. The Balaban J connectivity index is 1.74. The average Bonchev–Trinajstić information content (AvgIpc) is 2.75. The number of nitrogens with one attached hydrogen (secondary N) is 1. The fourth-order valence-electron chi connectivity index (χ4n) is 2.65. The van der Waals surface area contributed by atoms with Crippen LogP contribution in [0.25, 0.3) is 11.3 Å². The number of benzene rings is 2. The Kier molecular flexibility index (Phi) is 6.76. The molecule has 3 rings (SSSR count). The fourth-order valence-corrected chi connectivity index (χ4v) is 3.85. The van der Waals surface area contributed by atoms with Gasteiger partial charge in [0.25, 0.3) is 5.69 Å². The number of nitro benzene ring substituents is 1. The van der Waals surface area contributed by atoms with Gasteiger partial charge in [0, 0.05) is 29.4 Å². The van der Waals surface area contributed by atoms with Gasteiger partial charge in [0.15, 0.2) is 0 Å². The molecule has 0 amide bonds. The molecule has 3 aromatic rings. The van der Waals surface area contributed by atoms with Crippen molar-refractivity contribution in [3.05, 3.63) is 71.0 Å². The maximum absolute atomic E-state index is 12.4. The molecular formula is C20H21N4O5P. The van der Waals surface area contributed by atoms with Gasteiger partial charge in [-0.25, -0.2) is 14.5 Å². The summed E-state index contributed by atoms with van der Waals surface area (Å²) in [4.78, 5) is 18.9. The predicted molar refractivity (Wildman–Crippen MR) is 114 cm³/mol. The van der Waals surface area contributed by atoms with Crippen LogP contribution in [0.5, 0.6) is 5.75 Å². The standard InChI is InChI=1S/C20H21N4O5P/c1-3-28-30(27,4-2)29-18-10-8-16(9-11-18)23-20-13-19(21-14-22-20)15-6-5-7-17(12-15)24(25)26/h5-14H,3-4H2,1-2H3,(H,21,22,23). The van der Waals surface area contributed by atoms with Gasteiger partial charge < -0.3 is 14.4 Å². The van der Waals surface area contributed by atoms with Crippen molar-refractivity contribution < 1.29 is 18.5 Å². The monoisotopic (exact) mass is 428 g/mol. The summed E-state index contributed by atoms with van der Waals surface area (Å²) in [5, 5.41) is 14.1. The summed E-state index contributed by atoms with van der Waals surface area (Å²) in [6.45, 7) is 3.83. The topological polar surface area (TPSA) is 116 Å². The normalized spacial score (nSPS) is 12.7. The summed E-state index contributed by atoms with van der Waals surface area (Å²) in [5.74, 6) is 0.966. The lowest BCUT2D eigenvalue weighted by Crippen LogP contribution is -2.00. The van der Waals surface area contributed by atoms with E-state index in [9.17, 15) is 14.7 Å². The molecule has 0 fully saturated rings. The van der Waals surface area contributed by atoms with Crippen LogP contribution in [0.1, 0.15) is 13.8 Å². The lowest BCUT2D eigenvalue weighted by Gasteiger charge is -2.17. The molecule has 1 aromatic heterocycles. The highest BCUT2D eigenvalue weighted by Crippen LogP contribution is 2.47. The third kappa shape index (κ3) is 5.40. The van der Waals surface area contributed by atoms with Crippen LogP contribution >= 0.6 is 7.60 Å². The maximum Gasteiger partial charge on any atom is 0.378 e. The Hall–Kier alpha value is -3.29. The summed E-state index contributed by atoms with van der Waals surface area (Å²) in [6, 6.07) is 14.8. The summed E-state index contributed by atoms with van der Waals surface area (Å²) in [5.41, 5.74) is 1.89. The van der Waals surface area contributed by atoms with E-state index >= 15 is 0 Å². The molecule has 1 N–H and O–H groups in total. The Labute approximate surface area is 173 Å². The molecule has 0 saturated heterocycles. The summed E-state index contributed by atoms with van der Waals surface area (Å²) in [6.07, 6.45) is 1.66. The second-order valence-corrected chi connectivity index (χ2v) is 8.48. The molecule has 30 heavy (non-hydrogen) atoms. The van der Waals surface area contributed by atoms with E-state index in [0.29, 0.717) is 29.4 Å². The highest BCUT2D eigenvalue weighted by Gasteiger charge is 2.22. The van der Waals surface area contributed by atoms with Gasteiger partial charge in [0.2, 0.25) is 0 Å². The van der Waals surface area contributed by atoms with Crippen LogP contribution in [-0.4, -0.2) is 27.7 Å². The fraction of sp³-hybridized carbons (Fsp3) is 0.200. The van der Waals surface area contributed by atoms with Crippen molar-refractivity contribution in [1.29, 1.82) is 0 Å². The number of aromatic nitrogens is 2. The first-order chi connectivity index (χ1) is 14.4. The van der Waals surface area contributed by atoms with Crippen molar-refractivity contribution in [2.75, 3.05) is 18.1 Å². The number of anilines is 2. The molecule has 1 heterocycles. The third-order valence-corrected chi connectivity index (χ3v) is 6.02. The highest BCUT2D eigenvalue weighted by molar-refractivity contribution is 7.54. The second-order valence-electron chi connectivity index (χ2n) is 6.18. The Bertz CT molecular complexity index is 1070. The molecule has 156 valence electrons. The zero-order valence-electron chi connectivity index (χ0n) is 16.5. The van der Waals surface area contributed by atoms with Gasteiger partial charge in [-0.05, 0) is 31.2 Å². The zero-order chi connectivity index (χ0) is 21.6. The van der Waals surface area contributed by atoms with Crippen LogP contribution in [-0.2, 0) is 9.09 Å². The number of nitro groups is 1. The summed E-state index contributed by atoms with van der Waals surface area (Å²) < 4.78 is 23.2. The molecule has 0 aliphatic heterocycles. The number of non-ortho nitro benzene ring substituents is 1. The van der Waals surface area contributed by atoms with E-state index in [2.05, 4.69) is 15.3 Å². The highest BCUT2D eigenvalue weighted by atomic mass is 31.2. The van der Waals surface area contributed by atoms with Crippen LogP contribution in [0, 0.1) is 10.1 Å². The maximum atomic E-state index is 12.4. The minimum Gasteiger partial charge on any atom is -0.424 e. The van der Waals surface area contributed by atoms with Crippen molar-refractivity contribution in [3.63, 3.8) is 0 Å². The summed E-state index contributed by atoms with van der Waals surface area (Å²) >= 11 is 0. The summed E-state index contributed by atoms with van der Waals surface area (Å²) in [7, 11) is -3.14. The van der Waals surface area contributed by atoms with Gasteiger partial charge in [-0.3, -0.25) is 10.1 Å². The van der Waals surface area contributed by atoms with Crippen LogP contribution < -0.4 is 9.84 Å². The molecule has 2 aromatic carbocycles. The Morgan fingerprint density at radius 3 is 2.53 bits per heavy atom. The van der Waals surface area contributed by atoms with Crippen LogP contribution in [0.2, 0.25) is 0 Å². The van der Waals surface area contributed by atoms with Crippen molar-refractivity contribution >= 4 is 24.8 Å². The van der Waals surface area contributed by atoms with Gasteiger partial charge in [-0.1, -0.05) is 19.1 Å². The van der Waals surface area contributed by atoms with Crippen molar-refractivity contribution in [1.82, 2.24) is 9.97 Å². The van der Waals surface area contributed by atoms with Gasteiger partial charge >= 0.3 is 7.60 Å². The zero-order valence-corrected chi connectivity index (χ0v) is 17.4. The van der Waals surface area contributed by atoms with Crippen LogP contribution in [0.4, 0.5) is 17.2 Å². The number of hydrogen-bond donors (Lipinski definition) is 1. The molecule has 0 radical (unpaired) electrons. The molecule has 1 unspecified atom stereocenters. The number of nitrogens with zero attached hydrogens (tertiary/aromatic N) is 3. The minimum absolute atomic E-state index is 0.00682. The molecule has 0 bridgehead atoms. The van der Waals surface area contributed by atoms with Gasteiger partial charge in [-0.2, -0.15) is 0 Å². The first-order valence-electron chi connectivity index (χ1n) is 9.29. The van der Waals surface area contributed by atoms with E-state index in [-0.39, 0.29) is 11.8 Å². The van der Waals surface area contributed by atoms with Crippen molar-refractivity contribution in [3.8, 4) is 17.0 Å².